The molecule has 0 aliphatic carbocycles. The van der Waals surface area contributed by atoms with Crippen LogP contribution in [0.5, 0.6) is 28.7 Å². The van der Waals surface area contributed by atoms with Gasteiger partial charge in [-0.15, -0.1) is 0 Å². The molecule has 3 aliphatic rings. The van der Waals surface area contributed by atoms with Crippen LogP contribution in [0.1, 0.15) is 69.4 Å². The Morgan fingerprint density at radius 1 is 0.537 bits per heavy atom. The summed E-state index contributed by atoms with van der Waals surface area (Å²) in [5, 5.41) is 10.5. The van der Waals surface area contributed by atoms with Crippen LogP contribution in [0.25, 0.3) is 0 Å². The Morgan fingerprint density at radius 3 is 1.21 bits per heavy atom. The topological polar surface area (TPSA) is 165 Å². The first kappa shape index (κ1) is 51.2. The van der Waals surface area contributed by atoms with Crippen molar-refractivity contribution in [3.63, 3.8) is 0 Å². The summed E-state index contributed by atoms with van der Waals surface area (Å²) in [6.45, 7) is 20.4. The summed E-state index contributed by atoms with van der Waals surface area (Å²) < 4.78 is 49.5. The van der Waals surface area contributed by atoms with Crippen LogP contribution in [0.3, 0.4) is 0 Å². The van der Waals surface area contributed by atoms with Crippen molar-refractivity contribution in [2.24, 2.45) is 11.5 Å². The summed E-state index contributed by atoms with van der Waals surface area (Å²) in [7, 11) is 0. The number of hydrogen-bond donors (Lipinski definition) is 3. The average Bonchev–Trinajstić information content (AvgIpc) is 4.18. The molecule has 3 fully saturated rings. The van der Waals surface area contributed by atoms with E-state index >= 15 is 0 Å². The van der Waals surface area contributed by atoms with E-state index in [4.69, 9.17) is 54.1 Å². The number of hydrogen-bond acceptors (Lipinski definition) is 12. The lowest BCUT2D eigenvalue weighted by Crippen LogP contribution is -2.28. The Balaban J connectivity index is 0.000000288. The fraction of sp³-hybridized carbons (Fsp3) is 0.455. The molecule has 5 aromatic carbocycles. The molecule has 362 valence electrons. The fourth-order valence-corrected chi connectivity index (χ4v) is 6.79. The zero-order valence-electron chi connectivity index (χ0n) is 40.4. The third-order valence-electron chi connectivity index (χ3n) is 11.8. The Kier molecular flexibility index (Phi) is 18.9. The molecule has 67 heavy (non-hydrogen) atoms. The van der Waals surface area contributed by atoms with Gasteiger partial charge in [0.2, 0.25) is 0 Å². The largest absolute Gasteiger partial charge is 0.491 e. The number of rotatable bonds is 23. The minimum Gasteiger partial charge on any atom is -0.491 e. The molecule has 0 amide bonds. The zero-order chi connectivity index (χ0) is 47.8. The first-order chi connectivity index (χ1) is 32.2. The van der Waals surface area contributed by atoms with Crippen molar-refractivity contribution in [1.29, 1.82) is 0 Å². The highest BCUT2D eigenvalue weighted by Crippen LogP contribution is 2.35. The molecule has 12 heteroatoms. The molecule has 5 atom stereocenters. The van der Waals surface area contributed by atoms with Crippen LogP contribution in [0.2, 0.25) is 0 Å². The van der Waals surface area contributed by atoms with Gasteiger partial charge in [0.05, 0.1) is 32.5 Å². The van der Waals surface area contributed by atoms with E-state index < -0.39 is 6.10 Å². The second-order valence-corrected chi connectivity index (χ2v) is 18.5. The number of aryl methyl sites for hydroxylation is 1. The Bertz CT molecular complexity index is 2070. The molecule has 0 radical (unpaired) electrons. The minimum atomic E-state index is -0.772. The van der Waals surface area contributed by atoms with Gasteiger partial charge in [0.25, 0.3) is 0 Å². The molecular weight excluding hydrogens is 849 g/mol. The lowest BCUT2D eigenvalue weighted by atomic mass is 9.78. The molecule has 0 bridgehead atoms. The van der Waals surface area contributed by atoms with Gasteiger partial charge in [0.1, 0.15) is 86.2 Å². The van der Waals surface area contributed by atoms with Gasteiger partial charge >= 0.3 is 0 Å². The summed E-state index contributed by atoms with van der Waals surface area (Å²) in [6, 6.07) is 40.7. The third-order valence-corrected chi connectivity index (χ3v) is 11.8. The van der Waals surface area contributed by atoms with Crippen molar-refractivity contribution in [2.45, 2.75) is 95.9 Å². The Labute approximate surface area is 397 Å². The van der Waals surface area contributed by atoms with E-state index in [2.05, 4.69) is 76.2 Å². The second-order valence-electron chi connectivity index (χ2n) is 18.5. The van der Waals surface area contributed by atoms with Crippen LogP contribution >= 0.6 is 0 Å². The second kappa shape index (κ2) is 24.7. The highest BCUT2D eigenvalue weighted by molar-refractivity contribution is 5.43. The molecule has 5 N–H and O–H groups in total. The maximum atomic E-state index is 10.5. The van der Waals surface area contributed by atoms with Crippen molar-refractivity contribution in [3.8, 4) is 28.7 Å². The molecule has 3 aliphatic heterocycles. The van der Waals surface area contributed by atoms with Crippen molar-refractivity contribution >= 4 is 0 Å². The summed E-state index contributed by atoms with van der Waals surface area (Å²) >= 11 is 0. The number of aliphatic hydroxyl groups is 1. The van der Waals surface area contributed by atoms with Gasteiger partial charge in [-0.3, -0.25) is 0 Å². The maximum Gasteiger partial charge on any atom is 0.122 e. The monoisotopic (exact) mass is 921 g/mol. The number of nitrogens with two attached hydrogens (primary N) is 2. The van der Waals surface area contributed by atoms with Gasteiger partial charge < -0.3 is 59.2 Å². The van der Waals surface area contributed by atoms with Crippen LogP contribution < -0.4 is 35.2 Å². The van der Waals surface area contributed by atoms with Gasteiger partial charge in [0.15, 0.2) is 0 Å². The molecular formula is C55H72N2O10. The lowest BCUT2D eigenvalue weighted by Gasteiger charge is -2.26. The van der Waals surface area contributed by atoms with Crippen molar-refractivity contribution < 1.29 is 47.7 Å². The predicted molar refractivity (Wildman–Crippen MR) is 262 cm³/mol. The smallest absolute Gasteiger partial charge is 0.122 e. The highest BCUT2D eigenvalue weighted by Gasteiger charge is 2.27. The number of para-hydroxylation sites is 1. The van der Waals surface area contributed by atoms with Gasteiger partial charge in [-0.1, -0.05) is 94.4 Å². The highest BCUT2D eigenvalue weighted by atomic mass is 16.6. The molecule has 3 heterocycles. The van der Waals surface area contributed by atoms with E-state index in [1.54, 1.807) is 0 Å². The molecule has 0 saturated carbocycles. The molecule has 8 rings (SSSR count). The van der Waals surface area contributed by atoms with Crippen LogP contribution in [-0.4, -0.2) is 108 Å². The van der Waals surface area contributed by atoms with Crippen LogP contribution in [0.4, 0.5) is 0 Å². The molecule has 5 aromatic rings. The van der Waals surface area contributed by atoms with E-state index in [9.17, 15) is 5.11 Å². The van der Waals surface area contributed by atoms with Gasteiger partial charge in [-0.05, 0) is 103 Å². The zero-order valence-corrected chi connectivity index (χ0v) is 40.4. The first-order valence-electron chi connectivity index (χ1n) is 23.4. The Hall–Kier alpha value is -5.18. The molecule has 5 unspecified atom stereocenters. The van der Waals surface area contributed by atoms with Crippen molar-refractivity contribution in [2.75, 3.05) is 66.0 Å². The van der Waals surface area contributed by atoms with Gasteiger partial charge in [-0.2, -0.15) is 0 Å². The quantitative estimate of drug-likeness (QED) is 0.0539. The predicted octanol–water partition coefficient (Wildman–Crippen LogP) is 8.18. The standard InChI is InChI=1S/C39H44O7.C10H12O2.C6H16N2O/c1-38(2,29-9-17-34(18-10-29)43-23-36-25-45-36)27-5-13-32(14-6-27)41-21-31(40)22-42-33-15-7-28(8-16-33)39(3,4)30-11-19-35(20-12-30)44-24-37-26-46-37;1-8-4-2-3-5-10(8)12-7-9-6-11-9;1-5(8)4-9-6(2)3-7/h5-20,31,36-37,40H,21-26H2,1-4H3;2-5,9H,6-7H2,1H3;5-6H,3-4,7-8H2,1-2H3. The van der Waals surface area contributed by atoms with Crippen molar-refractivity contribution in [1.82, 2.24) is 0 Å². The summed E-state index contributed by atoms with van der Waals surface area (Å²) in [6.07, 6.45) is 0.183. The maximum absolute atomic E-state index is 10.5. The molecule has 3 saturated heterocycles. The number of ether oxygens (including phenoxy) is 9. The van der Waals surface area contributed by atoms with Gasteiger partial charge in [0, 0.05) is 23.4 Å². The summed E-state index contributed by atoms with van der Waals surface area (Å²) in [5.74, 6) is 4.07. The van der Waals surface area contributed by atoms with Crippen LogP contribution in [0, 0.1) is 6.92 Å². The first-order valence-corrected chi connectivity index (χ1v) is 23.4. The minimum absolute atomic E-state index is 0.110. The SMILES string of the molecule is CC(C)(c1ccc(OCC(O)COc2ccc(C(C)(C)c3ccc(OCC4CO4)cc3)cc2)cc1)c1ccc(OCC2CO2)cc1.CC(N)COC(C)CN.Cc1ccccc1OCC1CO1. The van der Waals surface area contributed by atoms with E-state index in [-0.39, 0.29) is 48.4 Å². The molecule has 0 spiro atoms. The van der Waals surface area contributed by atoms with Crippen LogP contribution in [-0.2, 0) is 29.8 Å². The van der Waals surface area contributed by atoms with E-state index in [1.165, 1.54) is 27.8 Å². The average molecular weight is 921 g/mol. The van der Waals surface area contributed by atoms with E-state index in [1.807, 2.05) is 93.6 Å². The molecule has 12 nitrogen and oxygen atoms in total. The van der Waals surface area contributed by atoms with Crippen LogP contribution in [0.15, 0.2) is 121 Å². The number of epoxide rings is 3. The summed E-state index contributed by atoms with van der Waals surface area (Å²) in [4.78, 5) is 0. The lowest BCUT2D eigenvalue weighted by molar-refractivity contribution is 0.0626. The third kappa shape index (κ3) is 17.1. The fourth-order valence-electron chi connectivity index (χ4n) is 6.79. The number of benzene rings is 5. The van der Waals surface area contributed by atoms with E-state index in [0.29, 0.717) is 50.6 Å². The van der Waals surface area contributed by atoms with Crippen molar-refractivity contribution in [3.05, 3.63) is 149 Å². The number of aliphatic hydroxyl groups excluding tert-OH is 1. The normalized spacial score (nSPS) is 18.4. The summed E-state index contributed by atoms with van der Waals surface area (Å²) in [5.41, 5.74) is 16.2. The van der Waals surface area contributed by atoms with E-state index in [0.717, 1.165) is 37.1 Å². The Morgan fingerprint density at radius 2 is 0.881 bits per heavy atom. The molecule has 0 aromatic heterocycles. The van der Waals surface area contributed by atoms with Gasteiger partial charge in [-0.25, -0.2) is 0 Å².